The highest BCUT2D eigenvalue weighted by molar-refractivity contribution is 9.10. The summed E-state index contributed by atoms with van der Waals surface area (Å²) in [7, 11) is 0. The van der Waals surface area contributed by atoms with Gasteiger partial charge in [0.2, 0.25) is 0 Å². The maximum atomic E-state index is 12.0. The third-order valence-corrected chi connectivity index (χ3v) is 4.52. The molecular formula is C15H21BrN2O. The zero-order valence-corrected chi connectivity index (χ0v) is 12.9. The number of nitrogens with zero attached hydrogens (tertiary/aromatic N) is 1. The number of rotatable bonds is 4. The molecule has 0 saturated heterocycles. The van der Waals surface area contributed by atoms with E-state index in [1.807, 2.05) is 0 Å². The molecule has 3 nitrogen and oxygen atoms in total. The first-order chi connectivity index (χ1) is 9.16. The molecule has 4 heteroatoms. The number of hydrogen-bond acceptors (Lipinski definition) is 2. The molecule has 1 aromatic heterocycles. The van der Waals surface area contributed by atoms with Crippen molar-refractivity contribution in [1.82, 2.24) is 10.3 Å². The average Bonchev–Trinajstić information content (AvgIpc) is 2.39. The summed E-state index contributed by atoms with van der Waals surface area (Å²) >= 11 is 3.30. The van der Waals surface area contributed by atoms with E-state index in [2.05, 4.69) is 33.2 Å². The molecular weight excluding hydrogens is 304 g/mol. The van der Waals surface area contributed by atoms with E-state index in [1.54, 1.807) is 18.3 Å². The third kappa shape index (κ3) is 4.30. The number of aromatic nitrogens is 1. The molecule has 2 atom stereocenters. The van der Waals surface area contributed by atoms with Gasteiger partial charge in [0.15, 0.2) is 0 Å². The molecule has 0 aromatic carbocycles. The number of nitrogens with one attached hydrogen (secondary N) is 1. The van der Waals surface area contributed by atoms with Crippen LogP contribution in [0.1, 0.15) is 49.4 Å². The Balaban J connectivity index is 1.76. The van der Waals surface area contributed by atoms with Crippen LogP contribution in [0.5, 0.6) is 0 Å². The van der Waals surface area contributed by atoms with Gasteiger partial charge in [-0.05, 0) is 52.7 Å². The zero-order chi connectivity index (χ0) is 13.7. The van der Waals surface area contributed by atoms with Crippen molar-refractivity contribution in [2.75, 3.05) is 6.54 Å². The second kappa shape index (κ2) is 7.04. The fourth-order valence-electron chi connectivity index (χ4n) is 2.86. The standard InChI is InChI=1S/C15H21BrN2O/c1-11-4-2-5-12(10-11)7-9-18-15(19)13-6-3-8-17-14(13)16/h3,6,8,11-12H,2,4-5,7,9-10H2,1H3,(H,18,19). The number of halogens is 1. The summed E-state index contributed by atoms with van der Waals surface area (Å²) in [5.41, 5.74) is 0.611. The second-order valence-electron chi connectivity index (χ2n) is 5.52. The van der Waals surface area contributed by atoms with Crippen LogP contribution in [0.25, 0.3) is 0 Å². The van der Waals surface area contributed by atoms with Gasteiger partial charge in [0.1, 0.15) is 4.60 Å². The maximum absolute atomic E-state index is 12.0. The van der Waals surface area contributed by atoms with Gasteiger partial charge in [0.25, 0.3) is 5.91 Å². The number of amides is 1. The molecule has 0 aliphatic heterocycles. The van der Waals surface area contributed by atoms with Crippen molar-refractivity contribution >= 4 is 21.8 Å². The van der Waals surface area contributed by atoms with Crippen molar-refractivity contribution in [3.63, 3.8) is 0 Å². The summed E-state index contributed by atoms with van der Waals surface area (Å²) in [6.45, 7) is 3.09. The zero-order valence-electron chi connectivity index (χ0n) is 11.4. The molecule has 1 N–H and O–H groups in total. The molecule has 0 radical (unpaired) electrons. The van der Waals surface area contributed by atoms with Gasteiger partial charge in [-0.25, -0.2) is 4.98 Å². The molecule has 2 rings (SSSR count). The minimum absolute atomic E-state index is 0.0381. The van der Waals surface area contributed by atoms with Gasteiger partial charge in [-0.2, -0.15) is 0 Å². The van der Waals surface area contributed by atoms with Crippen molar-refractivity contribution in [2.24, 2.45) is 11.8 Å². The van der Waals surface area contributed by atoms with Crippen LogP contribution in [0.15, 0.2) is 22.9 Å². The van der Waals surface area contributed by atoms with Gasteiger partial charge in [0.05, 0.1) is 5.56 Å². The Hall–Kier alpha value is -0.900. The van der Waals surface area contributed by atoms with Crippen LogP contribution in [-0.4, -0.2) is 17.4 Å². The van der Waals surface area contributed by atoms with Crippen LogP contribution in [0.2, 0.25) is 0 Å². The summed E-state index contributed by atoms with van der Waals surface area (Å²) in [6.07, 6.45) is 8.10. The Morgan fingerprint density at radius 3 is 3.11 bits per heavy atom. The predicted octanol–water partition coefficient (Wildman–Crippen LogP) is 3.79. The second-order valence-corrected chi connectivity index (χ2v) is 6.28. The molecule has 19 heavy (non-hydrogen) atoms. The summed E-state index contributed by atoms with van der Waals surface area (Å²) in [5.74, 6) is 1.59. The number of hydrogen-bond donors (Lipinski definition) is 1. The van der Waals surface area contributed by atoms with Crippen LogP contribution >= 0.6 is 15.9 Å². The van der Waals surface area contributed by atoms with Crippen LogP contribution in [-0.2, 0) is 0 Å². The van der Waals surface area contributed by atoms with E-state index in [0.29, 0.717) is 10.2 Å². The minimum atomic E-state index is -0.0381. The highest BCUT2D eigenvalue weighted by Gasteiger charge is 2.18. The lowest BCUT2D eigenvalue weighted by atomic mass is 9.81. The molecule has 1 aromatic rings. The van der Waals surface area contributed by atoms with E-state index < -0.39 is 0 Å². The summed E-state index contributed by atoms with van der Waals surface area (Å²) in [6, 6.07) is 3.57. The average molecular weight is 325 g/mol. The summed E-state index contributed by atoms with van der Waals surface area (Å²) < 4.78 is 0.610. The van der Waals surface area contributed by atoms with Crippen LogP contribution in [0, 0.1) is 11.8 Å². The molecule has 0 bridgehead atoms. The van der Waals surface area contributed by atoms with Crippen LogP contribution < -0.4 is 5.32 Å². The molecule has 2 unspecified atom stereocenters. The van der Waals surface area contributed by atoms with Crippen molar-refractivity contribution < 1.29 is 4.79 Å². The largest absolute Gasteiger partial charge is 0.352 e. The fourth-order valence-corrected chi connectivity index (χ4v) is 3.29. The lowest BCUT2D eigenvalue weighted by Gasteiger charge is -2.26. The molecule has 1 heterocycles. The maximum Gasteiger partial charge on any atom is 0.254 e. The Morgan fingerprint density at radius 1 is 1.53 bits per heavy atom. The topological polar surface area (TPSA) is 42.0 Å². The molecule has 1 aliphatic carbocycles. The molecule has 1 aliphatic rings. The lowest BCUT2D eigenvalue weighted by molar-refractivity contribution is 0.0948. The Bertz CT molecular complexity index is 436. The van der Waals surface area contributed by atoms with Crippen LogP contribution in [0.4, 0.5) is 0 Å². The monoisotopic (exact) mass is 324 g/mol. The van der Waals surface area contributed by atoms with Crippen molar-refractivity contribution in [3.05, 3.63) is 28.5 Å². The Morgan fingerprint density at radius 2 is 2.37 bits per heavy atom. The highest BCUT2D eigenvalue weighted by Crippen LogP contribution is 2.30. The first-order valence-corrected chi connectivity index (χ1v) is 7.85. The normalized spacial score (nSPS) is 23.1. The van der Waals surface area contributed by atoms with Gasteiger partial charge in [-0.3, -0.25) is 4.79 Å². The minimum Gasteiger partial charge on any atom is -0.352 e. The highest BCUT2D eigenvalue weighted by atomic mass is 79.9. The number of carbonyl (C=O) groups excluding carboxylic acids is 1. The molecule has 1 saturated carbocycles. The predicted molar refractivity (Wildman–Crippen MR) is 80.0 cm³/mol. The molecule has 104 valence electrons. The van der Waals surface area contributed by atoms with E-state index in [1.165, 1.54) is 25.7 Å². The van der Waals surface area contributed by atoms with Gasteiger partial charge < -0.3 is 5.32 Å². The van der Waals surface area contributed by atoms with Gasteiger partial charge in [-0.15, -0.1) is 0 Å². The van der Waals surface area contributed by atoms with Crippen molar-refractivity contribution in [1.29, 1.82) is 0 Å². The Labute approximate surface area is 123 Å². The van der Waals surface area contributed by atoms with E-state index in [4.69, 9.17) is 0 Å². The first-order valence-electron chi connectivity index (χ1n) is 7.05. The van der Waals surface area contributed by atoms with E-state index in [9.17, 15) is 4.79 Å². The molecule has 0 spiro atoms. The van der Waals surface area contributed by atoms with Gasteiger partial charge in [0, 0.05) is 12.7 Å². The van der Waals surface area contributed by atoms with Crippen LogP contribution in [0.3, 0.4) is 0 Å². The first kappa shape index (κ1) is 14.5. The SMILES string of the molecule is CC1CCCC(CCNC(=O)c2cccnc2Br)C1. The quantitative estimate of drug-likeness (QED) is 0.856. The summed E-state index contributed by atoms with van der Waals surface area (Å²) in [5, 5.41) is 2.99. The number of carbonyl (C=O) groups is 1. The third-order valence-electron chi connectivity index (χ3n) is 3.89. The lowest BCUT2D eigenvalue weighted by Crippen LogP contribution is -2.27. The smallest absolute Gasteiger partial charge is 0.254 e. The van der Waals surface area contributed by atoms with Gasteiger partial charge >= 0.3 is 0 Å². The van der Waals surface area contributed by atoms with E-state index >= 15 is 0 Å². The molecule has 1 fully saturated rings. The van der Waals surface area contributed by atoms with E-state index in [-0.39, 0.29) is 5.91 Å². The fraction of sp³-hybridized carbons (Fsp3) is 0.600. The van der Waals surface area contributed by atoms with E-state index in [0.717, 1.165) is 24.8 Å². The Kier molecular flexibility index (Phi) is 5.37. The summed E-state index contributed by atoms with van der Waals surface area (Å²) in [4.78, 5) is 16.1. The van der Waals surface area contributed by atoms with Crippen molar-refractivity contribution in [3.8, 4) is 0 Å². The number of pyridine rings is 1. The van der Waals surface area contributed by atoms with Crippen molar-refractivity contribution in [2.45, 2.75) is 39.0 Å². The molecule has 1 amide bonds. The van der Waals surface area contributed by atoms with Gasteiger partial charge in [-0.1, -0.05) is 26.2 Å².